The van der Waals surface area contributed by atoms with Crippen molar-refractivity contribution in [1.29, 1.82) is 0 Å². The fourth-order valence-corrected chi connectivity index (χ4v) is 19.8. The summed E-state index contributed by atoms with van der Waals surface area (Å²) in [5, 5.41) is 3.74. The van der Waals surface area contributed by atoms with Crippen molar-refractivity contribution in [2.45, 2.75) is 142 Å². The molecule has 0 N–H and O–H groups in total. The first-order valence-corrected chi connectivity index (χ1v) is 28.3. The van der Waals surface area contributed by atoms with Crippen molar-refractivity contribution < 1.29 is 27.9 Å². The van der Waals surface area contributed by atoms with Crippen LogP contribution < -0.4 is 20.7 Å². The van der Waals surface area contributed by atoms with E-state index in [0.29, 0.717) is 18.9 Å². The average Bonchev–Trinajstić information content (AvgIpc) is 3.30. The summed E-state index contributed by atoms with van der Waals surface area (Å²) in [6.07, 6.45) is 5.93. The third kappa shape index (κ3) is 12.7. The second kappa shape index (κ2) is 22.6. The van der Waals surface area contributed by atoms with E-state index < -0.39 is 34.9 Å². The Kier molecular flexibility index (Phi) is 17.4. The van der Waals surface area contributed by atoms with E-state index in [9.17, 15) is 9.59 Å². The van der Waals surface area contributed by atoms with Crippen LogP contribution in [-0.4, -0.2) is 53.3 Å². The molecule has 67 heavy (non-hydrogen) atoms. The molecule has 0 radical (unpaired) electrons. The van der Waals surface area contributed by atoms with Crippen LogP contribution in [-0.2, 0) is 34.5 Å². The van der Waals surface area contributed by atoms with E-state index in [1.54, 1.807) is 6.08 Å². The average molecular weight is 937 g/mol. The summed E-state index contributed by atoms with van der Waals surface area (Å²) in [5.41, 5.74) is 1.01. The number of esters is 1. The van der Waals surface area contributed by atoms with E-state index in [4.69, 9.17) is 18.3 Å². The van der Waals surface area contributed by atoms with Gasteiger partial charge in [-0.15, -0.1) is 0 Å². The summed E-state index contributed by atoms with van der Waals surface area (Å²) in [4.78, 5) is 27.9. The van der Waals surface area contributed by atoms with Gasteiger partial charge in [0.15, 0.2) is 0 Å². The van der Waals surface area contributed by atoms with Gasteiger partial charge >= 0.3 is 5.97 Å². The SMILES string of the molecule is C[C@@H]1CC[C@@H](C(C)(C)C)[C@H](OC(=O)/C=C\[C@@H](C[C@H](C[C@@H](C=O)O[Si](c2ccccc2)(c2ccccc2)C(C)(C)C)OCc2ccccc2)O[Si](c2ccccc2)(c2ccccc2)C(C)(C)C)C1. The van der Waals surface area contributed by atoms with Crippen LogP contribution in [0.4, 0.5) is 0 Å². The van der Waals surface area contributed by atoms with Crippen LogP contribution in [0.2, 0.25) is 10.1 Å². The zero-order valence-corrected chi connectivity index (χ0v) is 43.8. The number of aldehydes is 1. The molecule has 0 bridgehead atoms. The smallest absolute Gasteiger partial charge is 0.330 e. The Morgan fingerprint density at radius 2 is 1.00 bits per heavy atom. The molecule has 1 saturated carbocycles. The Morgan fingerprint density at radius 1 is 0.597 bits per heavy atom. The second-order valence-corrected chi connectivity index (χ2v) is 30.4. The zero-order valence-electron chi connectivity index (χ0n) is 41.8. The highest BCUT2D eigenvalue weighted by molar-refractivity contribution is 7.00. The second-order valence-electron chi connectivity index (χ2n) is 21.9. The molecule has 8 heteroatoms. The van der Waals surface area contributed by atoms with Gasteiger partial charge in [0.2, 0.25) is 0 Å². The Bertz CT molecular complexity index is 2220. The zero-order chi connectivity index (χ0) is 48.3. The van der Waals surface area contributed by atoms with Crippen LogP contribution in [0.15, 0.2) is 164 Å². The van der Waals surface area contributed by atoms with E-state index in [0.717, 1.165) is 51.9 Å². The maximum Gasteiger partial charge on any atom is 0.330 e. The number of rotatable bonds is 19. The van der Waals surface area contributed by atoms with E-state index in [1.165, 1.54) is 0 Å². The fourth-order valence-electron chi connectivity index (χ4n) is 10.5. The fraction of sp³-hybridized carbons (Fsp3) is 0.424. The van der Waals surface area contributed by atoms with Gasteiger partial charge in [-0.25, -0.2) is 4.79 Å². The van der Waals surface area contributed by atoms with Crippen molar-refractivity contribution in [3.63, 3.8) is 0 Å². The minimum absolute atomic E-state index is 0.00130. The van der Waals surface area contributed by atoms with Crippen molar-refractivity contribution in [1.82, 2.24) is 0 Å². The minimum atomic E-state index is -3.18. The molecule has 0 spiro atoms. The van der Waals surface area contributed by atoms with Crippen LogP contribution in [0, 0.1) is 17.3 Å². The van der Waals surface area contributed by atoms with Gasteiger partial charge in [-0.3, -0.25) is 0 Å². The van der Waals surface area contributed by atoms with Gasteiger partial charge in [0.1, 0.15) is 18.5 Å². The number of ether oxygens (including phenoxy) is 2. The molecule has 0 saturated heterocycles. The normalized spacial score (nSPS) is 18.8. The lowest BCUT2D eigenvalue weighted by atomic mass is 9.68. The number of hydrogen-bond acceptors (Lipinski definition) is 6. The molecule has 0 amide bonds. The highest BCUT2D eigenvalue weighted by Gasteiger charge is 2.53. The standard InChI is InChI=1S/C59H76O6Si2/c1-45-36-38-54(57(2,3)4)55(40-45)63-56(61)39-37-47(64-66(58(5,6)7,50-28-18-12-19-29-50)51-30-20-13-21-31-51)41-48(62-44-46-26-16-11-17-27-46)42-49(43-60)65-67(59(8,9)10,52-32-22-14-23-33-52)53-34-24-15-25-35-53/h11-35,37,39,43,45,47-49,54-55H,36,38,40-42,44H2,1-10H3/b39-37-/t45-,47+,48-,49+,54-,55-/m1/s1. The predicted octanol–water partition coefficient (Wildman–Crippen LogP) is 11.4. The third-order valence-electron chi connectivity index (χ3n) is 13.8. The summed E-state index contributed by atoms with van der Waals surface area (Å²) < 4.78 is 28.7. The molecule has 6 nitrogen and oxygen atoms in total. The van der Waals surface area contributed by atoms with Gasteiger partial charge in [0.25, 0.3) is 16.6 Å². The molecule has 1 aliphatic carbocycles. The third-order valence-corrected chi connectivity index (χ3v) is 24.0. The molecule has 5 aromatic rings. The Hall–Kier alpha value is -4.71. The molecule has 5 aromatic carbocycles. The minimum Gasteiger partial charge on any atom is -0.459 e. The van der Waals surface area contributed by atoms with Crippen molar-refractivity contribution in [3.8, 4) is 0 Å². The molecule has 1 aliphatic rings. The Labute approximate surface area is 404 Å². The van der Waals surface area contributed by atoms with Crippen LogP contribution >= 0.6 is 0 Å². The lowest BCUT2D eigenvalue weighted by Gasteiger charge is -2.45. The van der Waals surface area contributed by atoms with E-state index in [1.807, 2.05) is 48.5 Å². The molecule has 0 heterocycles. The number of hydrogen-bond donors (Lipinski definition) is 0. The Balaban J connectivity index is 1.45. The number of carbonyl (C=O) groups is 2. The maximum atomic E-state index is 14.2. The van der Waals surface area contributed by atoms with Gasteiger partial charge in [0.05, 0.1) is 18.8 Å². The molecular formula is C59H76O6Si2. The highest BCUT2D eigenvalue weighted by atomic mass is 28.4. The van der Waals surface area contributed by atoms with Gasteiger partial charge in [-0.2, -0.15) is 0 Å². The van der Waals surface area contributed by atoms with Crippen LogP contribution in [0.3, 0.4) is 0 Å². The lowest BCUT2D eigenvalue weighted by Crippen LogP contribution is -2.68. The van der Waals surface area contributed by atoms with Gasteiger partial charge in [0, 0.05) is 24.8 Å². The summed E-state index contributed by atoms with van der Waals surface area (Å²) >= 11 is 0. The van der Waals surface area contributed by atoms with Crippen LogP contribution in [0.25, 0.3) is 0 Å². The van der Waals surface area contributed by atoms with E-state index in [2.05, 4.69) is 178 Å². The van der Waals surface area contributed by atoms with Crippen molar-refractivity contribution in [3.05, 3.63) is 169 Å². The highest BCUT2D eigenvalue weighted by Crippen LogP contribution is 2.43. The molecule has 0 aliphatic heterocycles. The number of benzene rings is 5. The molecule has 1 fully saturated rings. The largest absolute Gasteiger partial charge is 0.459 e. The van der Waals surface area contributed by atoms with Gasteiger partial charge in [-0.05, 0) is 66.6 Å². The quantitative estimate of drug-likeness (QED) is 0.0356. The van der Waals surface area contributed by atoms with Crippen molar-refractivity contribution in [2.24, 2.45) is 17.3 Å². The summed E-state index contributed by atoms with van der Waals surface area (Å²) in [6, 6.07) is 52.1. The first kappa shape index (κ1) is 51.7. The van der Waals surface area contributed by atoms with Crippen LogP contribution in [0.5, 0.6) is 0 Å². The predicted molar refractivity (Wildman–Crippen MR) is 280 cm³/mol. The first-order chi connectivity index (χ1) is 31.9. The van der Waals surface area contributed by atoms with Crippen molar-refractivity contribution in [2.75, 3.05) is 0 Å². The Morgan fingerprint density at radius 3 is 1.40 bits per heavy atom. The molecule has 0 unspecified atom stereocenters. The maximum absolute atomic E-state index is 14.2. The van der Waals surface area contributed by atoms with Gasteiger partial charge < -0.3 is 23.1 Å². The summed E-state index contributed by atoms with van der Waals surface area (Å²) in [6.45, 7) is 22.8. The van der Waals surface area contributed by atoms with Gasteiger partial charge in [-0.1, -0.05) is 227 Å². The molecule has 6 atom stereocenters. The molecular weight excluding hydrogens is 861 g/mol. The first-order valence-electron chi connectivity index (χ1n) is 24.4. The summed E-state index contributed by atoms with van der Waals surface area (Å²) in [5.74, 6) is 0.370. The lowest BCUT2D eigenvalue weighted by molar-refractivity contribution is -0.151. The molecule has 356 valence electrons. The van der Waals surface area contributed by atoms with E-state index >= 15 is 0 Å². The van der Waals surface area contributed by atoms with E-state index in [-0.39, 0.29) is 39.9 Å². The number of carbonyl (C=O) groups excluding carboxylic acids is 2. The molecule has 6 rings (SSSR count). The summed E-state index contributed by atoms with van der Waals surface area (Å²) in [7, 11) is -6.32. The van der Waals surface area contributed by atoms with Crippen LogP contribution in [0.1, 0.15) is 107 Å². The van der Waals surface area contributed by atoms with Crippen molar-refractivity contribution >= 4 is 49.6 Å². The molecule has 0 aromatic heterocycles. The monoisotopic (exact) mass is 937 g/mol. The topological polar surface area (TPSA) is 71.1 Å².